The van der Waals surface area contributed by atoms with Crippen LogP contribution in [0.15, 0.2) is 61.1 Å². The van der Waals surface area contributed by atoms with Crippen LogP contribution in [0, 0.1) is 0 Å². The van der Waals surface area contributed by atoms with E-state index in [1.807, 2.05) is 30.3 Å². The normalized spacial score (nSPS) is 10.3. The number of benzene rings is 1. The highest BCUT2D eigenvalue weighted by Gasteiger charge is 2.14. The highest BCUT2D eigenvalue weighted by atomic mass is 35.5. The molecule has 2 heterocycles. The zero-order valence-electron chi connectivity index (χ0n) is 13.5. The standard InChI is InChI=1S/C19H15ClN2O3/c1-24-18-7-8-21-11-16(18)19(23)25-12-13-3-2-4-14(9-13)17-6-5-15(20)10-22-17/h2-11H,12H2,1H3. The maximum absolute atomic E-state index is 12.2. The quantitative estimate of drug-likeness (QED) is 0.644. The minimum absolute atomic E-state index is 0.137. The molecule has 0 amide bonds. The minimum atomic E-state index is -0.486. The Bertz CT molecular complexity index is 882. The average molecular weight is 355 g/mol. The molecule has 1 aromatic carbocycles. The molecule has 3 rings (SSSR count). The number of hydrogen-bond donors (Lipinski definition) is 0. The number of carbonyl (C=O) groups excluding carboxylic acids is 1. The predicted molar refractivity (Wildman–Crippen MR) is 94.6 cm³/mol. The SMILES string of the molecule is COc1ccncc1C(=O)OCc1cccc(-c2ccc(Cl)cn2)c1. The van der Waals surface area contributed by atoms with Crippen molar-refractivity contribution in [3.8, 4) is 17.0 Å². The Morgan fingerprint density at radius 1 is 1.16 bits per heavy atom. The summed E-state index contributed by atoms with van der Waals surface area (Å²) >= 11 is 5.86. The van der Waals surface area contributed by atoms with Crippen molar-refractivity contribution < 1.29 is 14.3 Å². The van der Waals surface area contributed by atoms with Crippen molar-refractivity contribution in [1.82, 2.24) is 9.97 Å². The molecule has 0 fully saturated rings. The summed E-state index contributed by atoms with van der Waals surface area (Å²) in [6.45, 7) is 0.137. The molecule has 0 saturated carbocycles. The fourth-order valence-corrected chi connectivity index (χ4v) is 2.42. The lowest BCUT2D eigenvalue weighted by Gasteiger charge is -2.09. The Balaban J connectivity index is 1.72. The van der Waals surface area contributed by atoms with Crippen molar-refractivity contribution in [2.45, 2.75) is 6.61 Å². The average Bonchev–Trinajstić information content (AvgIpc) is 2.67. The molecule has 0 radical (unpaired) electrons. The van der Waals surface area contributed by atoms with Crippen LogP contribution in [0.25, 0.3) is 11.3 Å². The number of hydrogen-bond acceptors (Lipinski definition) is 5. The van der Waals surface area contributed by atoms with Crippen molar-refractivity contribution in [1.29, 1.82) is 0 Å². The van der Waals surface area contributed by atoms with Gasteiger partial charge in [-0.05, 0) is 29.8 Å². The molecule has 0 aliphatic heterocycles. The number of carbonyl (C=O) groups is 1. The van der Waals surface area contributed by atoms with Gasteiger partial charge in [0, 0.05) is 24.2 Å². The second kappa shape index (κ2) is 7.77. The Morgan fingerprint density at radius 3 is 2.80 bits per heavy atom. The highest BCUT2D eigenvalue weighted by molar-refractivity contribution is 6.30. The molecule has 0 N–H and O–H groups in total. The zero-order chi connectivity index (χ0) is 17.6. The second-order valence-electron chi connectivity index (χ2n) is 5.21. The van der Waals surface area contributed by atoms with Gasteiger partial charge >= 0.3 is 5.97 Å². The third-order valence-electron chi connectivity index (χ3n) is 3.54. The number of pyridine rings is 2. The van der Waals surface area contributed by atoms with E-state index in [0.717, 1.165) is 16.8 Å². The number of nitrogens with zero attached hydrogens (tertiary/aromatic N) is 2. The lowest BCUT2D eigenvalue weighted by Crippen LogP contribution is -2.07. The van der Waals surface area contributed by atoms with Crippen LogP contribution in [0.4, 0.5) is 0 Å². The van der Waals surface area contributed by atoms with Gasteiger partial charge in [-0.2, -0.15) is 0 Å². The van der Waals surface area contributed by atoms with Crippen LogP contribution >= 0.6 is 11.6 Å². The summed E-state index contributed by atoms with van der Waals surface area (Å²) in [5.41, 5.74) is 2.86. The van der Waals surface area contributed by atoms with E-state index in [2.05, 4.69) is 9.97 Å². The van der Waals surface area contributed by atoms with Crippen LogP contribution in [0.2, 0.25) is 5.02 Å². The number of methoxy groups -OCH3 is 1. The van der Waals surface area contributed by atoms with Gasteiger partial charge < -0.3 is 9.47 Å². The van der Waals surface area contributed by atoms with Gasteiger partial charge in [-0.15, -0.1) is 0 Å². The zero-order valence-corrected chi connectivity index (χ0v) is 14.2. The van der Waals surface area contributed by atoms with Crippen molar-refractivity contribution in [2.75, 3.05) is 7.11 Å². The van der Waals surface area contributed by atoms with Gasteiger partial charge in [-0.1, -0.05) is 29.8 Å². The number of ether oxygens (including phenoxy) is 2. The fourth-order valence-electron chi connectivity index (χ4n) is 2.31. The molecule has 0 atom stereocenters. The monoisotopic (exact) mass is 354 g/mol. The van der Waals surface area contributed by atoms with Gasteiger partial charge in [0.15, 0.2) is 0 Å². The maximum atomic E-state index is 12.2. The lowest BCUT2D eigenvalue weighted by atomic mass is 10.1. The highest BCUT2D eigenvalue weighted by Crippen LogP contribution is 2.21. The first-order valence-corrected chi connectivity index (χ1v) is 7.91. The van der Waals surface area contributed by atoms with Crippen LogP contribution in [0.1, 0.15) is 15.9 Å². The van der Waals surface area contributed by atoms with E-state index in [0.29, 0.717) is 16.3 Å². The van der Waals surface area contributed by atoms with Gasteiger partial charge in [0.05, 0.1) is 17.8 Å². The van der Waals surface area contributed by atoms with E-state index in [-0.39, 0.29) is 6.61 Å². The molecular formula is C19H15ClN2O3. The molecule has 0 bridgehead atoms. The predicted octanol–water partition coefficient (Wildman–Crippen LogP) is 4.16. The number of rotatable bonds is 5. The molecule has 25 heavy (non-hydrogen) atoms. The van der Waals surface area contributed by atoms with Crippen LogP contribution in [0.5, 0.6) is 5.75 Å². The second-order valence-corrected chi connectivity index (χ2v) is 5.65. The van der Waals surface area contributed by atoms with E-state index in [1.165, 1.54) is 13.3 Å². The molecule has 126 valence electrons. The maximum Gasteiger partial charge on any atom is 0.343 e. The number of aromatic nitrogens is 2. The fraction of sp³-hybridized carbons (Fsp3) is 0.105. The van der Waals surface area contributed by atoms with Crippen LogP contribution in [-0.4, -0.2) is 23.0 Å². The smallest absolute Gasteiger partial charge is 0.343 e. The van der Waals surface area contributed by atoms with E-state index in [1.54, 1.807) is 24.5 Å². The largest absolute Gasteiger partial charge is 0.496 e. The summed E-state index contributed by atoms with van der Waals surface area (Å²) in [5.74, 6) is -0.0564. The summed E-state index contributed by atoms with van der Waals surface area (Å²) in [6.07, 6.45) is 4.58. The molecule has 0 aliphatic rings. The molecule has 0 spiro atoms. The van der Waals surface area contributed by atoms with Crippen molar-refractivity contribution in [3.63, 3.8) is 0 Å². The van der Waals surface area contributed by atoms with E-state index >= 15 is 0 Å². The summed E-state index contributed by atoms with van der Waals surface area (Å²) in [4.78, 5) is 20.4. The first kappa shape index (κ1) is 16.9. The minimum Gasteiger partial charge on any atom is -0.496 e. The number of halogens is 1. The topological polar surface area (TPSA) is 61.3 Å². The van der Waals surface area contributed by atoms with Crippen molar-refractivity contribution >= 4 is 17.6 Å². The summed E-state index contributed by atoms with van der Waals surface area (Å²) in [5, 5.41) is 0.583. The summed E-state index contributed by atoms with van der Waals surface area (Å²) in [7, 11) is 1.49. The van der Waals surface area contributed by atoms with Crippen molar-refractivity contribution in [2.24, 2.45) is 0 Å². The molecule has 2 aromatic heterocycles. The summed E-state index contributed by atoms with van der Waals surface area (Å²) in [6, 6.07) is 12.9. The van der Waals surface area contributed by atoms with E-state index < -0.39 is 5.97 Å². The first-order chi connectivity index (χ1) is 12.2. The molecule has 3 aromatic rings. The lowest BCUT2D eigenvalue weighted by molar-refractivity contribution is 0.0468. The molecule has 0 aliphatic carbocycles. The Morgan fingerprint density at radius 2 is 2.04 bits per heavy atom. The van der Waals surface area contributed by atoms with Crippen LogP contribution in [0.3, 0.4) is 0 Å². The summed E-state index contributed by atoms with van der Waals surface area (Å²) < 4.78 is 10.5. The van der Waals surface area contributed by atoms with Gasteiger partial charge in [0.2, 0.25) is 0 Å². The van der Waals surface area contributed by atoms with Gasteiger partial charge in [-0.3, -0.25) is 9.97 Å². The third kappa shape index (κ3) is 4.14. The van der Waals surface area contributed by atoms with Crippen LogP contribution < -0.4 is 4.74 Å². The van der Waals surface area contributed by atoms with Gasteiger partial charge in [0.25, 0.3) is 0 Å². The van der Waals surface area contributed by atoms with Crippen LogP contribution in [-0.2, 0) is 11.3 Å². The molecule has 0 unspecified atom stereocenters. The molecular weight excluding hydrogens is 340 g/mol. The van der Waals surface area contributed by atoms with E-state index in [4.69, 9.17) is 21.1 Å². The van der Waals surface area contributed by atoms with E-state index in [9.17, 15) is 4.79 Å². The first-order valence-electron chi connectivity index (χ1n) is 7.53. The van der Waals surface area contributed by atoms with Gasteiger partial charge in [-0.25, -0.2) is 4.79 Å². The molecule has 0 saturated heterocycles. The molecule has 6 heteroatoms. The Labute approximate surface area is 150 Å². The third-order valence-corrected chi connectivity index (χ3v) is 3.76. The Kier molecular flexibility index (Phi) is 5.26. The Hall–Kier alpha value is -2.92. The molecule has 5 nitrogen and oxygen atoms in total. The van der Waals surface area contributed by atoms with Gasteiger partial charge in [0.1, 0.15) is 17.9 Å². The number of esters is 1. The van der Waals surface area contributed by atoms with Crippen molar-refractivity contribution in [3.05, 3.63) is 77.2 Å².